The maximum atomic E-state index is 12.5. The molecule has 142 valence electrons. The Bertz CT molecular complexity index is 797. The molecule has 27 heavy (non-hydrogen) atoms. The molecule has 1 atom stereocenters. The Morgan fingerprint density at radius 3 is 2.81 bits per heavy atom. The van der Waals surface area contributed by atoms with Gasteiger partial charge >= 0.3 is 0 Å². The molecule has 0 aromatic heterocycles. The number of benzene rings is 2. The lowest BCUT2D eigenvalue weighted by Gasteiger charge is -2.23. The molecule has 1 spiro atoms. The smallest absolute Gasteiger partial charge is 0.255 e. The minimum absolute atomic E-state index is 0.105. The van der Waals surface area contributed by atoms with Crippen molar-refractivity contribution in [1.29, 1.82) is 0 Å². The van der Waals surface area contributed by atoms with Gasteiger partial charge in [0.15, 0.2) is 0 Å². The molecular weight excluding hydrogens is 338 g/mol. The SMILES string of the molecule is COc1ccc(C(=O)Nc2cccc(CN3CCC4(CCNC4)C3)c2)cc1. The van der Waals surface area contributed by atoms with Gasteiger partial charge in [-0.3, -0.25) is 9.69 Å². The maximum absolute atomic E-state index is 12.5. The molecule has 0 radical (unpaired) electrons. The van der Waals surface area contributed by atoms with E-state index in [1.807, 2.05) is 12.1 Å². The van der Waals surface area contributed by atoms with Crippen LogP contribution in [0.2, 0.25) is 0 Å². The van der Waals surface area contributed by atoms with Crippen LogP contribution in [0.25, 0.3) is 0 Å². The van der Waals surface area contributed by atoms with Gasteiger partial charge < -0.3 is 15.4 Å². The third-order valence-electron chi connectivity index (χ3n) is 5.79. The van der Waals surface area contributed by atoms with E-state index >= 15 is 0 Å². The van der Waals surface area contributed by atoms with Crippen LogP contribution in [-0.2, 0) is 6.54 Å². The summed E-state index contributed by atoms with van der Waals surface area (Å²) in [5, 5.41) is 6.51. The topological polar surface area (TPSA) is 53.6 Å². The Kier molecular flexibility index (Phi) is 5.14. The number of nitrogens with zero attached hydrogens (tertiary/aromatic N) is 1. The van der Waals surface area contributed by atoms with Gasteiger partial charge in [-0.1, -0.05) is 12.1 Å². The number of nitrogens with one attached hydrogen (secondary N) is 2. The van der Waals surface area contributed by atoms with E-state index in [4.69, 9.17) is 4.74 Å². The van der Waals surface area contributed by atoms with E-state index in [1.165, 1.54) is 24.9 Å². The normalized spacial score (nSPS) is 22.3. The molecule has 2 aliphatic rings. The highest BCUT2D eigenvalue weighted by Gasteiger charge is 2.39. The zero-order chi connectivity index (χ0) is 18.7. The first-order valence-electron chi connectivity index (χ1n) is 9.63. The van der Waals surface area contributed by atoms with Gasteiger partial charge in [0.05, 0.1) is 7.11 Å². The lowest BCUT2D eigenvalue weighted by atomic mass is 9.86. The largest absolute Gasteiger partial charge is 0.497 e. The van der Waals surface area contributed by atoms with Crippen molar-refractivity contribution < 1.29 is 9.53 Å². The van der Waals surface area contributed by atoms with Gasteiger partial charge in [0.1, 0.15) is 5.75 Å². The van der Waals surface area contributed by atoms with Crippen molar-refractivity contribution in [3.8, 4) is 5.75 Å². The number of likely N-dealkylation sites (tertiary alicyclic amines) is 1. The monoisotopic (exact) mass is 365 g/mol. The quantitative estimate of drug-likeness (QED) is 0.855. The molecule has 0 saturated carbocycles. The number of amides is 1. The lowest BCUT2D eigenvalue weighted by molar-refractivity contribution is 0.102. The van der Waals surface area contributed by atoms with Gasteiger partial charge in [-0.05, 0) is 73.3 Å². The highest BCUT2D eigenvalue weighted by Crippen LogP contribution is 2.36. The fraction of sp³-hybridized carbons (Fsp3) is 0.409. The zero-order valence-corrected chi connectivity index (χ0v) is 15.8. The number of anilines is 1. The van der Waals surface area contributed by atoms with Crippen molar-refractivity contribution in [3.05, 3.63) is 59.7 Å². The Balaban J connectivity index is 1.38. The Morgan fingerprint density at radius 2 is 2.07 bits per heavy atom. The zero-order valence-electron chi connectivity index (χ0n) is 15.8. The highest BCUT2D eigenvalue weighted by atomic mass is 16.5. The van der Waals surface area contributed by atoms with Gasteiger partial charge in [0.2, 0.25) is 0 Å². The molecule has 0 aliphatic carbocycles. The summed E-state index contributed by atoms with van der Waals surface area (Å²) in [4.78, 5) is 15.0. The highest BCUT2D eigenvalue weighted by molar-refractivity contribution is 6.04. The molecule has 5 nitrogen and oxygen atoms in total. The van der Waals surface area contributed by atoms with Crippen molar-refractivity contribution in [1.82, 2.24) is 10.2 Å². The summed E-state index contributed by atoms with van der Waals surface area (Å²) in [6.45, 7) is 5.57. The van der Waals surface area contributed by atoms with Gasteiger partial charge in [0, 0.05) is 30.9 Å². The first-order chi connectivity index (χ1) is 13.2. The standard InChI is InChI=1S/C22H27N3O2/c1-27-20-7-5-18(6-8-20)21(26)24-19-4-2-3-17(13-19)14-25-12-10-22(16-25)9-11-23-15-22/h2-8,13,23H,9-12,14-16H2,1H3,(H,24,26). The minimum Gasteiger partial charge on any atom is -0.497 e. The molecule has 5 heteroatoms. The number of methoxy groups -OCH3 is 1. The van der Waals surface area contributed by atoms with Crippen LogP contribution in [0.4, 0.5) is 5.69 Å². The molecule has 1 amide bonds. The first-order valence-corrected chi connectivity index (χ1v) is 9.63. The second kappa shape index (κ2) is 7.71. The lowest BCUT2D eigenvalue weighted by Crippen LogP contribution is -2.28. The van der Waals surface area contributed by atoms with Crippen molar-refractivity contribution in [2.24, 2.45) is 5.41 Å². The molecule has 4 rings (SSSR count). The predicted octanol–water partition coefficient (Wildman–Crippen LogP) is 3.13. The molecule has 2 N–H and O–H groups in total. The van der Waals surface area contributed by atoms with Crippen LogP contribution < -0.4 is 15.4 Å². The van der Waals surface area contributed by atoms with Crippen molar-refractivity contribution in [3.63, 3.8) is 0 Å². The minimum atomic E-state index is -0.105. The van der Waals surface area contributed by atoms with Gasteiger partial charge in [-0.2, -0.15) is 0 Å². The van der Waals surface area contributed by atoms with Crippen molar-refractivity contribution in [2.75, 3.05) is 38.6 Å². The van der Waals surface area contributed by atoms with Crippen LogP contribution in [0.5, 0.6) is 5.75 Å². The van der Waals surface area contributed by atoms with Crippen LogP contribution in [0.1, 0.15) is 28.8 Å². The molecule has 0 bridgehead atoms. The van der Waals surface area contributed by atoms with Crippen LogP contribution in [-0.4, -0.2) is 44.1 Å². The average molecular weight is 365 g/mol. The number of ether oxygens (including phenoxy) is 1. The van der Waals surface area contributed by atoms with Crippen molar-refractivity contribution >= 4 is 11.6 Å². The predicted molar refractivity (Wildman–Crippen MR) is 107 cm³/mol. The van der Waals surface area contributed by atoms with E-state index in [0.29, 0.717) is 11.0 Å². The third-order valence-corrected chi connectivity index (χ3v) is 5.79. The summed E-state index contributed by atoms with van der Waals surface area (Å²) in [6.07, 6.45) is 2.58. The van der Waals surface area contributed by atoms with E-state index in [1.54, 1.807) is 31.4 Å². The molecule has 2 aliphatic heterocycles. The number of rotatable bonds is 5. The summed E-state index contributed by atoms with van der Waals surface area (Å²) in [6, 6.07) is 15.3. The maximum Gasteiger partial charge on any atom is 0.255 e. The van der Waals surface area contributed by atoms with E-state index in [2.05, 4.69) is 27.7 Å². The summed E-state index contributed by atoms with van der Waals surface area (Å²) in [7, 11) is 1.62. The van der Waals surface area contributed by atoms with E-state index in [0.717, 1.165) is 37.6 Å². The Hall–Kier alpha value is -2.37. The van der Waals surface area contributed by atoms with Gasteiger partial charge in [-0.25, -0.2) is 0 Å². The number of hydrogen-bond acceptors (Lipinski definition) is 4. The summed E-state index contributed by atoms with van der Waals surface area (Å²) >= 11 is 0. The second-order valence-corrected chi connectivity index (χ2v) is 7.77. The number of carbonyl (C=O) groups excluding carboxylic acids is 1. The Labute approximate surface area is 160 Å². The van der Waals surface area contributed by atoms with E-state index < -0.39 is 0 Å². The molecule has 2 saturated heterocycles. The molecular formula is C22H27N3O2. The number of carbonyl (C=O) groups is 1. The molecule has 2 fully saturated rings. The second-order valence-electron chi connectivity index (χ2n) is 7.77. The fourth-order valence-corrected chi connectivity index (χ4v) is 4.26. The average Bonchev–Trinajstić information content (AvgIpc) is 3.31. The van der Waals surface area contributed by atoms with Gasteiger partial charge in [0.25, 0.3) is 5.91 Å². The summed E-state index contributed by atoms with van der Waals surface area (Å²) < 4.78 is 5.14. The summed E-state index contributed by atoms with van der Waals surface area (Å²) in [5.74, 6) is 0.640. The van der Waals surface area contributed by atoms with Crippen LogP contribution >= 0.6 is 0 Å². The van der Waals surface area contributed by atoms with Crippen LogP contribution in [0.3, 0.4) is 0 Å². The summed E-state index contributed by atoms with van der Waals surface area (Å²) in [5.41, 5.74) is 3.19. The Morgan fingerprint density at radius 1 is 1.22 bits per heavy atom. The van der Waals surface area contributed by atoms with Crippen LogP contribution in [0.15, 0.2) is 48.5 Å². The van der Waals surface area contributed by atoms with Gasteiger partial charge in [-0.15, -0.1) is 0 Å². The van der Waals surface area contributed by atoms with E-state index in [-0.39, 0.29) is 5.91 Å². The molecule has 2 heterocycles. The van der Waals surface area contributed by atoms with Crippen LogP contribution in [0, 0.1) is 5.41 Å². The number of hydrogen-bond donors (Lipinski definition) is 2. The molecule has 2 aromatic carbocycles. The fourth-order valence-electron chi connectivity index (χ4n) is 4.26. The van der Waals surface area contributed by atoms with Crippen molar-refractivity contribution in [2.45, 2.75) is 19.4 Å². The molecule has 1 unspecified atom stereocenters. The van der Waals surface area contributed by atoms with E-state index in [9.17, 15) is 4.79 Å². The first kappa shape index (κ1) is 18.0. The molecule has 2 aromatic rings. The third kappa shape index (κ3) is 4.15.